The van der Waals surface area contributed by atoms with Gasteiger partial charge >= 0.3 is 6.03 Å². The van der Waals surface area contributed by atoms with Crippen LogP contribution in [0.1, 0.15) is 62.6 Å². The second-order valence-corrected chi connectivity index (χ2v) is 16.8. The predicted octanol–water partition coefficient (Wildman–Crippen LogP) is 4.69. The van der Waals surface area contributed by atoms with E-state index in [9.17, 15) is 27.9 Å². The Labute approximate surface area is 305 Å². The van der Waals surface area contributed by atoms with Gasteiger partial charge in [0.2, 0.25) is 15.9 Å². The van der Waals surface area contributed by atoms with Gasteiger partial charge in [-0.2, -0.15) is 4.31 Å². The van der Waals surface area contributed by atoms with Crippen LogP contribution >= 0.6 is 11.3 Å². The normalized spacial score (nSPS) is 15.6. The average molecular weight is 742 g/mol. The van der Waals surface area contributed by atoms with Gasteiger partial charge in [0.1, 0.15) is 11.8 Å². The number of carbonyl (C=O) groups excluding carboxylic acids is 3. The quantitative estimate of drug-likeness (QED) is 0.179. The topological polar surface area (TPSA) is 149 Å². The van der Waals surface area contributed by atoms with E-state index in [4.69, 9.17) is 4.74 Å². The first-order valence-electron chi connectivity index (χ1n) is 17.3. The Kier molecular flexibility index (Phi) is 13.8. The Balaban J connectivity index is 1.55. The highest BCUT2D eigenvalue weighted by Gasteiger charge is 2.41. The smallest absolute Gasteiger partial charge is 0.321 e. The van der Waals surface area contributed by atoms with E-state index in [-0.39, 0.29) is 60.5 Å². The molecule has 0 saturated carbocycles. The number of benzene rings is 2. The van der Waals surface area contributed by atoms with Crippen LogP contribution in [0.15, 0.2) is 64.9 Å². The molecule has 0 unspecified atom stereocenters. The third-order valence-electron chi connectivity index (χ3n) is 8.75. The Morgan fingerprint density at radius 3 is 2.25 bits per heavy atom. The van der Waals surface area contributed by atoms with Crippen molar-refractivity contribution in [2.24, 2.45) is 17.8 Å². The Bertz CT molecular complexity index is 1730. The molecule has 3 amide bonds. The molecule has 2 aromatic carbocycles. The number of methoxy groups -OCH3 is 1. The molecule has 12 nitrogen and oxygen atoms in total. The molecule has 278 valence electrons. The number of sulfonamides is 1. The molecule has 2 N–H and O–H groups in total. The molecule has 0 spiro atoms. The molecular weight excluding hydrogens is 691 g/mol. The minimum Gasteiger partial charge on any atom is -0.497 e. The molecule has 1 aromatic heterocycles. The number of thiazole rings is 1. The van der Waals surface area contributed by atoms with Gasteiger partial charge in [0.05, 0.1) is 36.4 Å². The number of nitrogens with zero attached hydrogens (tertiary/aromatic N) is 4. The molecule has 0 bridgehead atoms. The lowest BCUT2D eigenvalue weighted by molar-refractivity contribution is -0.128. The standard InChI is InChI=1S/C37H51N5O7S2/c1-24(2)20-41(51(47,48)30-15-13-29(49-7)14-16-30)22-32(43)31(19-27-11-9-8-10-12-27)39-35(45)33(25(3)4)42-18-17-40(37(42)46)21-28-23-50-36(38-28)34(44)26(5)6/h8-16,23-26,31-33,43H,17-22H2,1-7H3,(H,39,45)/t31-,32+,33-/m0/s1. The van der Waals surface area contributed by atoms with Gasteiger partial charge in [-0.3, -0.25) is 9.59 Å². The van der Waals surface area contributed by atoms with Crippen LogP contribution in [0.25, 0.3) is 0 Å². The van der Waals surface area contributed by atoms with Crippen LogP contribution in [0, 0.1) is 17.8 Å². The number of aliphatic hydroxyl groups excluding tert-OH is 1. The summed E-state index contributed by atoms with van der Waals surface area (Å²) in [4.78, 5) is 47.9. The molecule has 0 aliphatic carbocycles. The Morgan fingerprint density at radius 2 is 1.67 bits per heavy atom. The molecule has 3 atom stereocenters. The second-order valence-electron chi connectivity index (χ2n) is 14.0. The largest absolute Gasteiger partial charge is 0.497 e. The molecule has 1 aliphatic heterocycles. The number of aliphatic hydroxyl groups is 1. The molecule has 3 aromatic rings. The van der Waals surface area contributed by atoms with Gasteiger partial charge in [-0.1, -0.05) is 71.9 Å². The Morgan fingerprint density at radius 1 is 1.00 bits per heavy atom. The number of nitrogens with one attached hydrogen (secondary N) is 1. The molecule has 1 saturated heterocycles. The van der Waals surface area contributed by atoms with Gasteiger partial charge < -0.3 is 25.0 Å². The highest BCUT2D eigenvalue weighted by Crippen LogP contribution is 2.24. The highest BCUT2D eigenvalue weighted by atomic mass is 32.2. The molecule has 1 aliphatic rings. The van der Waals surface area contributed by atoms with Crippen molar-refractivity contribution in [3.8, 4) is 5.75 Å². The number of ether oxygens (including phenoxy) is 1. The molecule has 51 heavy (non-hydrogen) atoms. The van der Waals surface area contributed by atoms with Crippen LogP contribution in [-0.4, -0.2) is 102 Å². The number of hydrogen-bond acceptors (Lipinski definition) is 9. The first kappa shape index (κ1) is 39.9. The van der Waals surface area contributed by atoms with E-state index in [1.54, 1.807) is 22.4 Å². The van der Waals surface area contributed by atoms with Crippen molar-refractivity contribution in [2.45, 2.75) is 77.6 Å². The number of aromatic nitrogens is 1. The van der Waals surface area contributed by atoms with Crippen LogP contribution in [-0.2, 0) is 27.8 Å². The molecule has 2 heterocycles. The zero-order valence-corrected chi connectivity index (χ0v) is 32.1. The third kappa shape index (κ3) is 10.1. The number of ketones is 1. The molecule has 4 rings (SSSR count). The Hall–Kier alpha value is -3.85. The lowest BCUT2D eigenvalue weighted by atomic mass is 9.97. The van der Waals surface area contributed by atoms with Crippen molar-refractivity contribution in [2.75, 3.05) is 33.3 Å². The minimum absolute atomic E-state index is 0.0462. The van der Waals surface area contributed by atoms with Crippen LogP contribution in [0.2, 0.25) is 0 Å². The molecular formula is C37H51N5O7S2. The first-order valence-corrected chi connectivity index (χ1v) is 19.6. The van der Waals surface area contributed by atoms with Crippen molar-refractivity contribution < 1.29 is 32.6 Å². The van der Waals surface area contributed by atoms with Crippen LogP contribution in [0.3, 0.4) is 0 Å². The van der Waals surface area contributed by atoms with Crippen molar-refractivity contribution in [3.05, 3.63) is 76.2 Å². The van der Waals surface area contributed by atoms with E-state index in [1.807, 2.05) is 71.9 Å². The predicted molar refractivity (Wildman–Crippen MR) is 197 cm³/mol. The number of hydrogen-bond donors (Lipinski definition) is 2. The van der Waals surface area contributed by atoms with Crippen molar-refractivity contribution in [1.82, 2.24) is 24.4 Å². The maximum atomic E-state index is 14.1. The van der Waals surface area contributed by atoms with Crippen LogP contribution < -0.4 is 10.1 Å². The van der Waals surface area contributed by atoms with Crippen molar-refractivity contribution >= 4 is 39.1 Å². The SMILES string of the molecule is COc1ccc(S(=O)(=O)N(CC(C)C)C[C@@H](O)[C@H](Cc2ccccc2)NC(=O)[C@H](C(C)C)N2CCN(Cc3csc(C(=O)C(C)C)n3)C2=O)cc1. The monoisotopic (exact) mass is 741 g/mol. The summed E-state index contributed by atoms with van der Waals surface area (Å²) in [6.45, 7) is 11.9. The summed E-state index contributed by atoms with van der Waals surface area (Å²) in [5.74, 6) is -0.468. The summed E-state index contributed by atoms with van der Waals surface area (Å²) < 4.78 is 34.2. The zero-order chi connectivity index (χ0) is 37.5. The fourth-order valence-corrected chi connectivity index (χ4v) is 8.59. The lowest BCUT2D eigenvalue weighted by Crippen LogP contribution is -2.57. The van der Waals surface area contributed by atoms with E-state index in [0.717, 1.165) is 5.56 Å². The zero-order valence-electron chi connectivity index (χ0n) is 30.5. The van der Waals surface area contributed by atoms with Gasteiger partial charge in [-0.15, -0.1) is 11.3 Å². The van der Waals surface area contributed by atoms with Gasteiger partial charge in [0, 0.05) is 37.5 Å². The van der Waals surface area contributed by atoms with Gasteiger partial charge in [0.25, 0.3) is 0 Å². The summed E-state index contributed by atoms with van der Waals surface area (Å²) >= 11 is 1.26. The summed E-state index contributed by atoms with van der Waals surface area (Å²) in [7, 11) is -2.52. The average Bonchev–Trinajstić information content (AvgIpc) is 3.70. The van der Waals surface area contributed by atoms with E-state index in [1.165, 1.54) is 39.8 Å². The van der Waals surface area contributed by atoms with Gasteiger partial charge in [-0.05, 0) is 48.1 Å². The van der Waals surface area contributed by atoms with Crippen molar-refractivity contribution in [3.63, 3.8) is 0 Å². The first-order chi connectivity index (χ1) is 24.1. The summed E-state index contributed by atoms with van der Waals surface area (Å²) in [6.07, 6.45) is -1.05. The number of Topliss-reactive ketones (excluding diaryl/α,β-unsaturated/α-hetero) is 1. The summed E-state index contributed by atoms with van der Waals surface area (Å²) in [6, 6.07) is 13.4. The fourth-order valence-electron chi connectivity index (χ4n) is 6.08. The minimum atomic E-state index is -4.02. The summed E-state index contributed by atoms with van der Waals surface area (Å²) in [5.41, 5.74) is 1.46. The van der Waals surface area contributed by atoms with E-state index in [0.29, 0.717) is 29.5 Å². The molecule has 0 radical (unpaired) electrons. The third-order valence-corrected chi connectivity index (χ3v) is 11.5. The van der Waals surface area contributed by atoms with E-state index < -0.39 is 34.1 Å². The molecule has 1 fully saturated rings. The lowest BCUT2D eigenvalue weighted by Gasteiger charge is -2.34. The van der Waals surface area contributed by atoms with Crippen LogP contribution in [0.5, 0.6) is 5.75 Å². The second kappa shape index (κ2) is 17.6. The maximum absolute atomic E-state index is 14.1. The highest BCUT2D eigenvalue weighted by molar-refractivity contribution is 7.89. The molecule has 14 heteroatoms. The number of urea groups is 1. The number of amides is 3. The number of carbonyl (C=O) groups is 3. The van der Waals surface area contributed by atoms with Gasteiger partial charge in [0.15, 0.2) is 10.8 Å². The number of rotatable bonds is 18. The van der Waals surface area contributed by atoms with E-state index >= 15 is 0 Å². The van der Waals surface area contributed by atoms with Crippen molar-refractivity contribution in [1.29, 1.82) is 0 Å². The van der Waals surface area contributed by atoms with E-state index in [2.05, 4.69) is 10.3 Å². The fraction of sp³-hybridized carbons (Fsp3) is 0.514. The maximum Gasteiger partial charge on any atom is 0.321 e. The summed E-state index contributed by atoms with van der Waals surface area (Å²) in [5, 5.41) is 17.0. The van der Waals surface area contributed by atoms with Crippen LogP contribution in [0.4, 0.5) is 4.79 Å². The van der Waals surface area contributed by atoms with Gasteiger partial charge in [-0.25, -0.2) is 18.2 Å².